The van der Waals surface area contributed by atoms with Crippen molar-refractivity contribution in [3.8, 4) is 5.69 Å². The number of ether oxygens (including phenoxy) is 1. The van der Waals surface area contributed by atoms with Crippen LogP contribution in [0.15, 0.2) is 42.5 Å². The van der Waals surface area contributed by atoms with Crippen LogP contribution < -0.4 is 0 Å². The zero-order valence-corrected chi connectivity index (χ0v) is 15.1. The summed E-state index contributed by atoms with van der Waals surface area (Å²) in [6, 6.07) is 14.8. The van der Waals surface area contributed by atoms with E-state index >= 15 is 0 Å². The molecule has 4 nitrogen and oxygen atoms in total. The molecular formula is C21H24N2O2. The summed E-state index contributed by atoms with van der Waals surface area (Å²) in [7, 11) is 0. The number of esters is 1. The third kappa shape index (κ3) is 3.73. The maximum atomic E-state index is 11.2. The van der Waals surface area contributed by atoms with E-state index < -0.39 is 0 Å². The number of hydrogen-bond donors (Lipinski definition) is 0. The minimum atomic E-state index is -0.149. The second kappa shape index (κ2) is 7.51. The highest BCUT2D eigenvalue weighted by Gasteiger charge is 2.11. The molecule has 3 aromatic rings. The second-order valence-corrected chi connectivity index (χ2v) is 6.20. The van der Waals surface area contributed by atoms with Crippen LogP contribution >= 0.6 is 0 Å². The number of rotatable bonds is 6. The van der Waals surface area contributed by atoms with E-state index in [9.17, 15) is 4.79 Å². The van der Waals surface area contributed by atoms with Gasteiger partial charge < -0.3 is 4.74 Å². The Hall–Kier alpha value is -2.62. The average Bonchev–Trinajstić information content (AvgIpc) is 2.99. The lowest BCUT2D eigenvalue weighted by Crippen LogP contribution is -2.06. The minimum Gasteiger partial charge on any atom is -0.465 e. The Morgan fingerprint density at radius 3 is 2.56 bits per heavy atom. The normalized spacial score (nSPS) is 11.0. The number of benzene rings is 2. The lowest BCUT2D eigenvalue weighted by Gasteiger charge is -2.10. The molecule has 0 aliphatic heterocycles. The lowest BCUT2D eigenvalue weighted by atomic mass is 10.1. The molecule has 1 aromatic heterocycles. The van der Waals surface area contributed by atoms with E-state index in [0.29, 0.717) is 13.0 Å². The molecule has 130 valence electrons. The van der Waals surface area contributed by atoms with E-state index in [0.717, 1.165) is 41.0 Å². The van der Waals surface area contributed by atoms with Gasteiger partial charge in [0.05, 0.1) is 17.6 Å². The van der Waals surface area contributed by atoms with Gasteiger partial charge >= 0.3 is 5.97 Å². The molecule has 1 heterocycles. The molecule has 3 rings (SSSR count). The molecule has 0 saturated heterocycles. The molecule has 0 radical (unpaired) electrons. The summed E-state index contributed by atoms with van der Waals surface area (Å²) in [6.45, 7) is 6.46. The number of carbonyl (C=O) groups excluding carboxylic acids is 1. The van der Waals surface area contributed by atoms with Gasteiger partial charge in [0.15, 0.2) is 0 Å². The van der Waals surface area contributed by atoms with Crippen molar-refractivity contribution in [1.29, 1.82) is 0 Å². The van der Waals surface area contributed by atoms with Crippen LogP contribution in [0.5, 0.6) is 0 Å². The van der Waals surface area contributed by atoms with Crippen LogP contribution in [0.3, 0.4) is 0 Å². The first kappa shape index (κ1) is 17.2. The molecule has 0 amide bonds. The largest absolute Gasteiger partial charge is 0.465 e. The van der Waals surface area contributed by atoms with Gasteiger partial charge in [-0.15, -0.1) is 0 Å². The van der Waals surface area contributed by atoms with Crippen LogP contribution in [0.2, 0.25) is 0 Å². The topological polar surface area (TPSA) is 44.1 Å². The van der Waals surface area contributed by atoms with E-state index in [1.54, 1.807) is 6.92 Å². The van der Waals surface area contributed by atoms with Gasteiger partial charge in [0.25, 0.3) is 0 Å². The van der Waals surface area contributed by atoms with E-state index in [4.69, 9.17) is 9.72 Å². The first-order chi connectivity index (χ1) is 12.1. The molecule has 0 bridgehead atoms. The Bertz CT molecular complexity index is 879. The van der Waals surface area contributed by atoms with Crippen LogP contribution in [0.4, 0.5) is 0 Å². The molecule has 25 heavy (non-hydrogen) atoms. The zero-order chi connectivity index (χ0) is 17.8. The summed E-state index contributed by atoms with van der Waals surface area (Å²) in [5.41, 5.74) is 5.66. The third-order valence-electron chi connectivity index (χ3n) is 4.33. The molecule has 0 fully saturated rings. The zero-order valence-electron chi connectivity index (χ0n) is 15.1. The molecule has 0 atom stereocenters. The lowest BCUT2D eigenvalue weighted by molar-refractivity contribution is -0.143. The molecular weight excluding hydrogens is 312 g/mol. The highest BCUT2D eigenvalue weighted by Crippen LogP contribution is 2.23. The van der Waals surface area contributed by atoms with Gasteiger partial charge in [0, 0.05) is 24.9 Å². The number of aromatic nitrogens is 2. The minimum absolute atomic E-state index is 0.149. The molecule has 2 aromatic carbocycles. The van der Waals surface area contributed by atoms with Crippen molar-refractivity contribution in [2.45, 2.75) is 40.0 Å². The van der Waals surface area contributed by atoms with Crippen molar-refractivity contribution in [3.63, 3.8) is 0 Å². The summed E-state index contributed by atoms with van der Waals surface area (Å²) in [5, 5.41) is 0. The Kier molecular flexibility index (Phi) is 5.17. The molecule has 0 N–H and O–H groups in total. The average molecular weight is 336 g/mol. The van der Waals surface area contributed by atoms with Crippen LogP contribution in [-0.2, 0) is 22.4 Å². The van der Waals surface area contributed by atoms with Gasteiger partial charge in [-0.05, 0) is 42.3 Å². The van der Waals surface area contributed by atoms with Gasteiger partial charge in [0.2, 0.25) is 0 Å². The second-order valence-electron chi connectivity index (χ2n) is 6.20. The van der Waals surface area contributed by atoms with Crippen molar-refractivity contribution >= 4 is 17.0 Å². The standard InChI is InChI=1S/C21H24N2O2/c1-4-20-22-18-11-6-15(3)14-19(18)23(20)17-9-7-16(8-10-17)12-13-25-21(24)5-2/h6-11,14H,4-5,12-13H2,1-3H3. The Balaban J connectivity index is 1.86. The summed E-state index contributed by atoms with van der Waals surface area (Å²) in [5.74, 6) is 0.912. The van der Waals surface area contributed by atoms with Gasteiger partial charge in [-0.1, -0.05) is 32.0 Å². The number of imidazole rings is 1. The third-order valence-corrected chi connectivity index (χ3v) is 4.33. The number of hydrogen-bond acceptors (Lipinski definition) is 3. The number of aryl methyl sites for hydroxylation is 2. The van der Waals surface area contributed by atoms with Gasteiger partial charge in [-0.3, -0.25) is 9.36 Å². The number of fused-ring (bicyclic) bond motifs is 1. The maximum Gasteiger partial charge on any atom is 0.305 e. The monoisotopic (exact) mass is 336 g/mol. The van der Waals surface area contributed by atoms with E-state index in [2.05, 4.69) is 60.9 Å². The predicted molar refractivity (Wildman–Crippen MR) is 100 cm³/mol. The number of nitrogens with zero attached hydrogens (tertiary/aromatic N) is 2. The van der Waals surface area contributed by atoms with Crippen molar-refractivity contribution in [2.24, 2.45) is 0 Å². The first-order valence-electron chi connectivity index (χ1n) is 8.85. The van der Waals surface area contributed by atoms with Crippen molar-refractivity contribution < 1.29 is 9.53 Å². The van der Waals surface area contributed by atoms with Gasteiger partial charge in [-0.25, -0.2) is 4.98 Å². The van der Waals surface area contributed by atoms with Crippen molar-refractivity contribution in [2.75, 3.05) is 6.61 Å². The highest BCUT2D eigenvalue weighted by atomic mass is 16.5. The van der Waals surface area contributed by atoms with Gasteiger partial charge in [-0.2, -0.15) is 0 Å². The summed E-state index contributed by atoms with van der Waals surface area (Å²) >= 11 is 0. The Morgan fingerprint density at radius 2 is 1.88 bits per heavy atom. The summed E-state index contributed by atoms with van der Waals surface area (Å²) in [6.07, 6.45) is 2.03. The quantitative estimate of drug-likeness (QED) is 0.627. The van der Waals surface area contributed by atoms with Crippen molar-refractivity contribution in [3.05, 3.63) is 59.4 Å². The SMILES string of the molecule is CCC(=O)OCCc1ccc(-n2c(CC)nc3ccc(C)cc32)cc1. The fourth-order valence-electron chi connectivity index (χ4n) is 2.96. The van der Waals surface area contributed by atoms with Crippen LogP contribution in [0.1, 0.15) is 37.2 Å². The van der Waals surface area contributed by atoms with E-state index in [1.165, 1.54) is 5.56 Å². The van der Waals surface area contributed by atoms with E-state index in [1.807, 2.05) is 0 Å². The molecule has 0 unspecified atom stereocenters. The molecule has 0 saturated carbocycles. The Morgan fingerprint density at radius 1 is 1.12 bits per heavy atom. The van der Waals surface area contributed by atoms with Gasteiger partial charge in [0.1, 0.15) is 5.82 Å². The summed E-state index contributed by atoms with van der Waals surface area (Å²) < 4.78 is 7.38. The summed E-state index contributed by atoms with van der Waals surface area (Å²) in [4.78, 5) is 16.0. The predicted octanol–water partition coefficient (Wildman–Crippen LogP) is 4.39. The highest BCUT2D eigenvalue weighted by molar-refractivity contribution is 5.79. The van der Waals surface area contributed by atoms with Crippen LogP contribution in [0, 0.1) is 6.92 Å². The molecule has 0 aliphatic rings. The fourth-order valence-corrected chi connectivity index (χ4v) is 2.96. The smallest absolute Gasteiger partial charge is 0.305 e. The van der Waals surface area contributed by atoms with E-state index in [-0.39, 0.29) is 5.97 Å². The Labute approximate surface area is 148 Å². The maximum absolute atomic E-state index is 11.2. The molecule has 0 spiro atoms. The molecule has 4 heteroatoms. The number of carbonyl (C=O) groups is 1. The van der Waals surface area contributed by atoms with Crippen LogP contribution in [0.25, 0.3) is 16.7 Å². The first-order valence-corrected chi connectivity index (χ1v) is 8.85. The molecule has 0 aliphatic carbocycles. The fraction of sp³-hybridized carbons (Fsp3) is 0.333. The van der Waals surface area contributed by atoms with Crippen LogP contribution in [-0.4, -0.2) is 22.1 Å². The van der Waals surface area contributed by atoms with Crippen molar-refractivity contribution in [1.82, 2.24) is 9.55 Å².